The number of hydrogen-bond donors (Lipinski definition) is 1. The molecule has 0 spiro atoms. The van der Waals surface area contributed by atoms with Crippen LogP contribution in [0.15, 0.2) is 54.6 Å². The van der Waals surface area contributed by atoms with Crippen molar-refractivity contribution < 1.29 is 4.74 Å². The van der Waals surface area contributed by atoms with Crippen molar-refractivity contribution in [1.82, 2.24) is 4.72 Å². The first-order valence-corrected chi connectivity index (χ1v) is 10.1. The Bertz CT molecular complexity index is 597. The van der Waals surface area contributed by atoms with Gasteiger partial charge in [0.25, 0.3) is 0 Å². The first-order valence-electron chi connectivity index (χ1n) is 9.13. The minimum absolute atomic E-state index is 0.173. The lowest BCUT2D eigenvalue weighted by molar-refractivity contribution is 0.0283. The van der Waals surface area contributed by atoms with Gasteiger partial charge in [-0.3, -0.25) is 4.72 Å². The molecule has 2 nitrogen and oxygen atoms in total. The summed E-state index contributed by atoms with van der Waals surface area (Å²) in [4.78, 5) is 0. The summed E-state index contributed by atoms with van der Waals surface area (Å²) in [5.74, 6) is 1.61. The van der Waals surface area contributed by atoms with E-state index in [0.717, 1.165) is 12.2 Å². The molecule has 0 radical (unpaired) electrons. The Balaban J connectivity index is 1.83. The number of aryl methyl sites for hydroxylation is 1. The first kappa shape index (κ1) is 20.0. The van der Waals surface area contributed by atoms with Crippen molar-refractivity contribution in [2.24, 2.45) is 5.92 Å². The molecule has 2 aromatic carbocycles. The Morgan fingerprint density at radius 1 is 0.920 bits per heavy atom. The molecule has 1 N–H and O–H groups in total. The lowest BCUT2D eigenvalue weighted by atomic mass is 10.0. The smallest absolute Gasteiger partial charge is 0.0721 e. The predicted octanol–water partition coefficient (Wildman–Crippen LogP) is 5.75. The van der Waals surface area contributed by atoms with E-state index in [9.17, 15) is 0 Å². The van der Waals surface area contributed by atoms with Gasteiger partial charge in [-0.05, 0) is 37.3 Å². The molecule has 0 fully saturated rings. The molecule has 136 valence electrons. The molecule has 0 aliphatic carbocycles. The standard InChI is InChI=1S/C22H31NOS/c1-17(2)14-22(23-25-16-21-8-6-5-7-9-21)19(4)24-15-20-12-10-18(3)11-13-20/h5-13,17,19,22-23H,14-16H2,1-4H3. The van der Waals surface area contributed by atoms with Crippen molar-refractivity contribution in [2.45, 2.75) is 58.6 Å². The maximum Gasteiger partial charge on any atom is 0.0721 e. The van der Waals surface area contributed by atoms with Gasteiger partial charge in [0.15, 0.2) is 0 Å². The molecule has 0 saturated heterocycles. The van der Waals surface area contributed by atoms with Crippen molar-refractivity contribution in [3.63, 3.8) is 0 Å². The highest BCUT2D eigenvalue weighted by Crippen LogP contribution is 2.17. The minimum atomic E-state index is 0.173. The normalized spacial score (nSPS) is 13.8. The third kappa shape index (κ3) is 7.64. The minimum Gasteiger partial charge on any atom is -0.372 e. The van der Waals surface area contributed by atoms with Crippen LogP contribution in [0.2, 0.25) is 0 Å². The molecule has 2 aromatic rings. The van der Waals surface area contributed by atoms with E-state index in [0.29, 0.717) is 18.6 Å². The van der Waals surface area contributed by atoms with E-state index < -0.39 is 0 Å². The number of nitrogens with one attached hydrogen (secondary N) is 1. The third-order valence-electron chi connectivity index (χ3n) is 4.24. The molecule has 0 amide bonds. The maximum atomic E-state index is 6.16. The van der Waals surface area contributed by atoms with E-state index in [1.54, 1.807) is 11.9 Å². The molecule has 0 heterocycles. The van der Waals surface area contributed by atoms with Crippen molar-refractivity contribution >= 4 is 11.9 Å². The molecule has 0 aliphatic heterocycles. The van der Waals surface area contributed by atoms with Crippen LogP contribution in [0.3, 0.4) is 0 Å². The maximum absolute atomic E-state index is 6.16. The lowest BCUT2D eigenvalue weighted by Crippen LogP contribution is -2.37. The molecule has 0 aromatic heterocycles. The van der Waals surface area contributed by atoms with E-state index in [1.165, 1.54) is 16.7 Å². The fourth-order valence-corrected chi connectivity index (χ4v) is 3.62. The van der Waals surface area contributed by atoms with Crippen molar-refractivity contribution in [3.8, 4) is 0 Å². The predicted molar refractivity (Wildman–Crippen MR) is 110 cm³/mol. The second-order valence-corrected chi connectivity index (χ2v) is 7.94. The van der Waals surface area contributed by atoms with Gasteiger partial charge in [0.05, 0.1) is 12.7 Å². The molecule has 25 heavy (non-hydrogen) atoms. The van der Waals surface area contributed by atoms with Crippen LogP contribution in [0, 0.1) is 12.8 Å². The highest BCUT2D eigenvalue weighted by atomic mass is 32.2. The number of benzene rings is 2. The van der Waals surface area contributed by atoms with Gasteiger partial charge in [0.1, 0.15) is 0 Å². The zero-order valence-electron chi connectivity index (χ0n) is 15.9. The highest BCUT2D eigenvalue weighted by Gasteiger charge is 2.19. The summed E-state index contributed by atoms with van der Waals surface area (Å²) in [6.45, 7) is 9.49. The second-order valence-electron chi connectivity index (χ2n) is 7.13. The van der Waals surface area contributed by atoms with Crippen molar-refractivity contribution in [1.29, 1.82) is 0 Å². The molecule has 2 atom stereocenters. The van der Waals surface area contributed by atoms with Crippen LogP contribution >= 0.6 is 11.9 Å². The first-order chi connectivity index (χ1) is 12.0. The van der Waals surface area contributed by atoms with E-state index >= 15 is 0 Å². The molecule has 0 bridgehead atoms. The van der Waals surface area contributed by atoms with Crippen LogP contribution in [0.1, 0.15) is 43.9 Å². The molecule has 2 rings (SSSR count). The zero-order valence-corrected chi connectivity index (χ0v) is 16.7. The van der Waals surface area contributed by atoms with Crippen LogP contribution in [0.25, 0.3) is 0 Å². The summed E-state index contributed by atoms with van der Waals surface area (Å²) in [6.07, 6.45) is 1.28. The second kappa shape index (κ2) is 10.6. The topological polar surface area (TPSA) is 21.3 Å². The van der Waals surface area contributed by atoms with E-state index in [4.69, 9.17) is 4.74 Å². The average Bonchev–Trinajstić information content (AvgIpc) is 2.61. The Hall–Kier alpha value is -1.29. The Kier molecular flexibility index (Phi) is 8.53. The molecule has 2 unspecified atom stereocenters. The highest BCUT2D eigenvalue weighted by molar-refractivity contribution is 7.96. The Morgan fingerprint density at radius 2 is 1.60 bits per heavy atom. The zero-order chi connectivity index (χ0) is 18.1. The van der Waals surface area contributed by atoms with Crippen LogP contribution in [-0.2, 0) is 17.1 Å². The van der Waals surface area contributed by atoms with Crippen molar-refractivity contribution in [3.05, 3.63) is 71.3 Å². The van der Waals surface area contributed by atoms with Gasteiger partial charge < -0.3 is 4.74 Å². The van der Waals surface area contributed by atoms with Gasteiger partial charge in [0, 0.05) is 11.8 Å². The third-order valence-corrected chi connectivity index (χ3v) is 5.19. The SMILES string of the molecule is Cc1ccc(COC(C)C(CC(C)C)NSCc2ccccc2)cc1. The fourth-order valence-electron chi connectivity index (χ4n) is 2.68. The van der Waals surface area contributed by atoms with E-state index in [1.807, 2.05) is 0 Å². The summed E-state index contributed by atoms with van der Waals surface area (Å²) in [5.41, 5.74) is 3.86. The summed E-state index contributed by atoms with van der Waals surface area (Å²) in [6, 6.07) is 19.5. The van der Waals surface area contributed by atoms with Crippen LogP contribution < -0.4 is 4.72 Å². The largest absolute Gasteiger partial charge is 0.372 e. The van der Waals surface area contributed by atoms with E-state index in [2.05, 4.69) is 87.0 Å². The average molecular weight is 358 g/mol. The molecule has 0 aliphatic rings. The van der Waals surface area contributed by atoms with Crippen LogP contribution in [-0.4, -0.2) is 12.1 Å². The number of hydrogen-bond acceptors (Lipinski definition) is 3. The lowest BCUT2D eigenvalue weighted by Gasteiger charge is -2.26. The molecular weight excluding hydrogens is 326 g/mol. The van der Waals surface area contributed by atoms with Gasteiger partial charge >= 0.3 is 0 Å². The number of ether oxygens (including phenoxy) is 1. The number of rotatable bonds is 10. The Morgan fingerprint density at radius 3 is 2.24 bits per heavy atom. The molecular formula is C22H31NOS. The molecule has 0 saturated carbocycles. The Labute approximate surface area is 157 Å². The van der Waals surface area contributed by atoms with Crippen LogP contribution in [0.5, 0.6) is 0 Å². The molecule has 3 heteroatoms. The summed E-state index contributed by atoms with van der Waals surface area (Å²) in [7, 11) is 0. The van der Waals surface area contributed by atoms with Gasteiger partial charge in [-0.2, -0.15) is 0 Å². The van der Waals surface area contributed by atoms with Gasteiger partial charge in [-0.15, -0.1) is 0 Å². The van der Waals surface area contributed by atoms with E-state index in [-0.39, 0.29) is 6.10 Å². The van der Waals surface area contributed by atoms with Gasteiger partial charge in [0.2, 0.25) is 0 Å². The van der Waals surface area contributed by atoms with Gasteiger partial charge in [-0.1, -0.05) is 86.0 Å². The van der Waals surface area contributed by atoms with Crippen molar-refractivity contribution in [2.75, 3.05) is 0 Å². The van der Waals surface area contributed by atoms with Gasteiger partial charge in [-0.25, -0.2) is 0 Å². The summed E-state index contributed by atoms with van der Waals surface area (Å²) in [5, 5.41) is 0. The quantitative estimate of drug-likeness (QED) is 0.547. The van der Waals surface area contributed by atoms with Crippen LogP contribution in [0.4, 0.5) is 0 Å². The monoisotopic (exact) mass is 357 g/mol. The fraction of sp³-hybridized carbons (Fsp3) is 0.455. The summed E-state index contributed by atoms with van der Waals surface area (Å²) < 4.78 is 9.79. The summed E-state index contributed by atoms with van der Waals surface area (Å²) >= 11 is 1.78.